The fourth-order valence-electron chi connectivity index (χ4n) is 2.36. The molecule has 3 heteroatoms. The average molecular weight is 326 g/mol. The van der Waals surface area contributed by atoms with Crippen molar-refractivity contribution in [2.45, 2.75) is 38.6 Å². The van der Waals surface area contributed by atoms with E-state index in [4.69, 9.17) is 4.74 Å². The van der Waals surface area contributed by atoms with Crippen LogP contribution in [0.3, 0.4) is 0 Å². The Balaban J connectivity index is 0.00000180. The highest BCUT2D eigenvalue weighted by Gasteiger charge is 2.02. The van der Waals surface area contributed by atoms with Gasteiger partial charge in [-0.2, -0.15) is 0 Å². The first-order valence-electron chi connectivity index (χ1n) is 6.90. The lowest BCUT2D eigenvalue weighted by molar-refractivity contribution is 0.414. The van der Waals surface area contributed by atoms with Gasteiger partial charge < -0.3 is 10.1 Å². The smallest absolute Gasteiger partial charge is 0.118 e. The molecule has 2 nitrogen and oxygen atoms in total. The summed E-state index contributed by atoms with van der Waals surface area (Å²) in [7, 11) is 1.70. The maximum absolute atomic E-state index is 5.15. The summed E-state index contributed by atoms with van der Waals surface area (Å²) in [6.07, 6.45) is 8.99. The molecule has 0 atom stereocenters. The van der Waals surface area contributed by atoms with Crippen molar-refractivity contribution in [1.82, 2.24) is 5.32 Å². The number of nitrogens with one attached hydrogen (secondary N) is 1. The van der Waals surface area contributed by atoms with Crippen LogP contribution in [-0.2, 0) is 6.54 Å². The van der Waals surface area contributed by atoms with Gasteiger partial charge in [0.25, 0.3) is 0 Å². The highest BCUT2D eigenvalue weighted by molar-refractivity contribution is 8.93. The van der Waals surface area contributed by atoms with Crippen LogP contribution in [0.1, 0.15) is 37.7 Å². The van der Waals surface area contributed by atoms with E-state index in [1.807, 2.05) is 12.1 Å². The van der Waals surface area contributed by atoms with E-state index in [1.54, 1.807) is 12.7 Å². The van der Waals surface area contributed by atoms with E-state index in [0.29, 0.717) is 0 Å². The monoisotopic (exact) mass is 325 g/mol. The van der Waals surface area contributed by atoms with Crippen LogP contribution in [0.5, 0.6) is 5.75 Å². The van der Waals surface area contributed by atoms with Crippen LogP contribution in [0.15, 0.2) is 35.9 Å². The largest absolute Gasteiger partial charge is 0.497 e. The minimum Gasteiger partial charge on any atom is -0.497 e. The highest BCUT2D eigenvalue weighted by Crippen LogP contribution is 2.19. The number of hydrogen-bond donors (Lipinski definition) is 1. The van der Waals surface area contributed by atoms with Crippen molar-refractivity contribution in [2.24, 2.45) is 0 Å². The zero-order chi connectivity index (χ0) is 12.6. The Bertz CT molecular complexity index is 386. The Morgan fingerprint density at radius 1 is 1.16 bits per heavy atom. The fraction of sp³-hybridized carbons (Fsp3) is 0.500. The van der Waals surface area contributed by atoms with Crippen molar-refractivity contribution < 1.29 is 4.74 Å². The van der Waals surface area contributed by atoms with Gasteiger partial charge >= 0.3 is 0 Å². The molecule has 0 fully saturated rings. The second-order valence-corrected chi connectivity index (χ2v) is 4.88. The molecular weight excluding hydrogens is 302 g/mol. The molecule has 1 N–H and O–H groups in total. The third-order valence-electron chi connectivity index (χ3n) is 3.50. The highest BCUT2D eigenvalue weighted by atomic mass is 79.9. The predicted octanol–water partition coefficient (Wildman–Crippen LogP) is 4.25. The van der Waals surface area contributed by atoms with Gasteiger partial charge in [0.05, 0.1) is 7.11 Å². The fourth-order valence-corrected chi connectivity index (χ4v) is 2.36. The van der Waals surface area contributed by atoms with Crippen molar-refractivity contribution >= 4 is 17.0 Å². The summed E-state index contributed by atoms with van der Waals surface area (Å²) in [5, 5.41) is 3.50. The molecule has 0 unspecified atom stereocenters. The molecule has 0 saturated carbocycles. The molecule has 1 aromatic carbocycles. The Morgan fingerprint density at radius 2 is 1.95 bits per heavy atom. The first-order valence-corrected chi connectivity index (χ1v) is 6.90. The van der Waals surface area contributed by atoms with Crippen LogP contribution >= 0.6 is 17.0 Å². The molecule has 0 amide bonds. The van der Waals surface area contributed by atoms with Gasteiger partial charge in [-0.15, -0.1) is 17.0 Å². The summed E-state index contributed by atoms with van der Waals surface area (Å²) in [5.41, 5.74) is 2.96. The number of halogens is 1. The molecule has 106 valence electrons. The molecule has 1 aliphatic carbocycles. The van der Waals surface area contributed by atoms with Gasteiger partial charge in [0.15, 0.2) is 0 Å². The number of hydrogen-bond acceptors (Lipinski definition) is 2. The van der Waals surface area contributed by atoms with E-state index in [2.05, 4.69) is 23.5 Å². The number of ether oxygens (including phenoxy) is 1. The molecule has 0 bridgehead atoms. The third-order valence-corrected chi connectivity index (χ3v) is 3.50. The minimum absolute atomic E-state index is 0. The normalized spacial score (nSPS) is 14.5. The topological polar surface area (TPSA) is 21.3 Å². The summed E-state index contributed by atoms with van der Waals surface area (Å²) in [5.74, 6) is 0.922. The standard InChI is InChI=1S/C16H23NO.BrH/c1-18-16-9-7-15(8-10-16)13-17-12-11-14-5-3-2-4-6-14;/h5,7-10,17H,2-4,6,11-13H2,1H3;1H. The van der Waals surface area contributed by atoms with Crippen LogP contribution in [0.4, 0.5) is 0 Å². The lowest BCUT2D eigenvalue weighted by atomic mass is 9.97. The SMILES string of the molecule is Br.COc1ccc(CNCCC2=CCCCC2)cc1. The second-order valence-electron chi connectivity index (χ2n) is 4.88. The van der Waals surface area contributed by atoms with E-state index >= 15 is 0 Å². The van der Waals surface area contributed by atoms with Crippen LogP contribution in [0.2, 0.25) is 0 Å². The van der Waals surface area contributed by atoms with Crippen molar-refractivity contribution in [1.29, 1.82) is 0 Å². The molecule has 0 aliphatic heterocycles. The zero-order valence-electron chi connectivity index (χ0n) is 11.7. The third kappa shape index (κ3) is 5.79. The van der Waals surface area contributed by atoms with Crippen LogP contribution in [0.25, 0.3) is 0 Å². The summed E-state index contributed by atoms with van der Waals surface area (Å²) >= 11 is 0. The summed E-state index contributed by atoms with van der Waals surface area (Å²) in [6.45, 7) is 2.02. The first-order chi connectivity index (χ1) is 8.88. The van der Waals surface area contributed by atoms with Gasteiger partial charge in [0.1, 0.15) is 5.75 Å². The molecule has 0 spiro atoms. The first kappa shape index (κ1) is 16.3. The van der Waals surface area contributed by atoms with E-state index in [9.17, 15) is 0 Å². The van der Waals surface area contributed by atoms with Gasteiger partial charge in [0.2, 0.25) is 0 Å². The van der Waals surface area contributed by atoms with Crippen molar-refractivity contribution in [3.63, 3.8) is 0 Å². The Kier molecular flexibility index (Phi) is 7.84. The quantitative estimate of drug-likeness (QED) is 0.623. The molecule has 0 heterocycles. The zero-order valence-corrected chi connectivity index (χ0v) is 13.4. The summed E-state index contributed by atoms with van der Waals surface area (Å²) < 4.78 is 5.15. The molecular formula is C16H24BrNO. The van der Waals surface area contributed by atoms with Gasteiger partial charge in [0, 0.05) is 6.54 Å². The van der Waals surface area contributed by atoms with Crippen LogP contribution in [-0.4, -0.2) is 13.7 Å². The van der Waals surface area contributed by atoms with E-state index in [0.717, 1.165) is 18.8 Å². The Labute approximate surface area is 127 Å². The number of methoxy groups -OCH3 is 1. The molecule has 0 aromatic heterocycles. The van der Waals surface area contributed by atoms with Crippen molar-refractivity contribution in [3.05, 3.63) is 41.5 Å². The van der Waals surface area contributed by atoms with Crippen molar-refractivity contribution in [2.75, 3.05) is 13.7 Å². The minimum atomic E-state index is 0. The predicted molar refractivity (Wildman–Crippen MR) is 86.2 cm³/mol. The van der Waals surface area contributed by atoms with E-state index in [1.165, 1.54) is 37.7 Å². The number of rotatable bonds is 6. The molecule has 1 aromatic rings. The molecule has 0 radical (unpaired) electrons. The van der Waals surface area contributed by atoms with E-state index < -0.39 is 0 Å². The van der Waals surface area contributed by atoms with Gasteiger partial charge in [-0.05, 0) is 56.3 Å². The second kappa shape index (κ2) is 9.16. The molecule has 19 heavy (non-hydrogen) atoms. The lowest BCUT2D eigenvalue weighted by Crippen LogP contribution is -2.15. The number of benzene rings is 1. The van der Waals surface area contributed by atoms with E-state index in [-0.39, 0.29) is 17.0 Å². The average Bonchev–Trinajstić information content (AvgIpc) is 2.45. The number of allylic oxidation sites excluding steroid dienone is 1. The van der Waals surface area contributed by atoms with Gasteiger partial charge in [-0.1, -0.05) is 23.8 Å². The molecule has 1 aliphatic rings. The van der Waals surface area contributed by atoms with Crippen molar-refractivity contribution in [3.8, 4) is 5.75 Å². The Hall–Kier alpha value is -0.800. The summed E-state index contributed by atoms with van der Waals surface area (Å²) in [6, 6.07) is 8.26. The van der Waals surface area contributed by atoms with Gasteiger partial charge in [-0.25, -0.2) is 0 Å². The van der Waals surface area contributed by atoms with Crippen LogP contribution < -0.4 is 10.1 Å². The maximum atomic E-state index is 5.15. The maximum Gasteiger partial charge on any atom is 0.118 e. The summed E-state index contributed by atoms with van der Waals surface area (Å²) in [4.78, 5) is 0. The Morgan fingerprint density at radius 3 is 2.58 bits per heavy atom. The lowest BCUT2D eigenvalue weighted by Gasteiger charge is -2.13. The molecule has 2 rings (SSSR count). The molecule has 0 saturated heterocycles. The van der Waals surface area contributed by atoms with Gasteiger partial charge in [-0.3, -0.25) is 0 Å². The van der Waals surface area contributed by atoms with Crippen LogP contribution in [0, 0.1) is 0 Å².